The van der Waals surface area contributed by atoms with Crippen LogP contribution >= 0.6 is 11.6 Å². The molecule has 1 saturated heterocycles. The van der Waals surface area contributed by atoms with E-state index in [9.17, 15) is 4.79 Å². The molecule has 0 spiro atoms. The molecule has 1 aliphatic heterocycles. The van der Waals surface area contributed by atoms with Gasteiger partial charge in [-0.2, -0.15) is 5.10 Å². The molecule has 2 rings (SSSR count). The molecule has 1 aromatic rings. The molecule has 16 heavy (non-hydrogen) atoms. The highest BCUT2D eigenvalue weighted by Gasteiger charge is 2.24. The highest BCUT2D eigenvalue weighted by atomic mass is 35.5. The van der Waals surface area contributed by atoms with Gasteiger partial charge in [-0.25, -0.2) is 0 Å². The maximum absolute atomic E-state index is 12.1. The molecular weight excluding hydrogens is 228 g/mol. The lowest BCUT2D eigenvalue weighted by atomic mass is 10.3. The van der Waals surface area contributed by atoms with E-state index in [1.165, 1.54) is 0 Å². The van der Waals surface area contributed by atoms with Crippen LogP contribution in [0.3, 0.4) is 0 Å². The van der Waals surface area contributed by atoms with Gasteiger partial charge < -0.3 is 9.80 Å². The van der Waals surface area contributed by atoms with E-state index in [0.717, 1.165) is 26.2 Å². The van der Waals surface area contributed by atoms with E-state index in [2.05, 4.69) is 17.0 Å². The Hall–Kier alpha value is -1.07. The summed E-state index contributed by atoms with van der Waals surface area (Å²) < 4.78 is 1.56. The average Bonchev–Trinajstić information content (AvgIpc) is 2.58. The number of hydrogen-bond acceptors (Lipinski definition) is 3. The van der Waals surface area contributed by atoms with Gasteiger partial charge in [0, 0.05) is 39.4 Å². The molecule has 2 heterocycles. The number of carbonyl (C=O) groups excluding carboxylic acids is 1. The monoisotopic (exact) mass is 242 g/mol. The molecule has 0 N–H and O–H groups in total. The van der Waals surface area contributed by atoms with Gasteiger partial charge in [-0.15, -0.1) is 0 Å². The summed E-state index contributed by atoms with van der Waals surface area (Å²) in [5, 5.41) is 4.51. The largest absolute Gasteiger partial charge is 0.335 e. The van der Waals surface area contributed by atoms with Crippen LogP contribution in [-0.4, -0.2) is 58.7 Å². The summed E-state index contributed by atoms with van der Waals surface area (Å²) in [6.07, 6.45) is 1.64. The molecule has 0 radical (unpaired) electrons. The minimum atomic E-state index is -0.0706. The second kappa shape index (κ2) is 4.43. The highest BCUT2D eigenvalue weighted by Crippen LogP contribution is 2.16. The summed E-state index contributed by atoms with van der Waals surface area (Å²) in [7, 11) is 3.81. The quantitative estimate of drug-likeness (QED) is 0.719. The van der Waals surface area contributed by atoms with Gasteiger partial charge >= 0.3 is 0 Å². The second-order valence-electron chi connectivity index (χ2n) is 4.09. The van der Waals surface area contributed by atoms with Crippen LogP contribution in [0.5, 0.6) is 0 Å². The van der Waals surface area contributed by atoms with Crippen molar-refractivity contribution in [2.24, 2.45) is 7.05 Å². The van der Waals surface area contributed by atoms with Crippen molar-refractivity contribution in [2.45, 2.75) is 0 Å². The van der Waals surface area contributed by atoms with Crippen LogP contribution < -0.4 is 0 Å². The van der Waals surface area contributed by atoms with Crippen LogP contribution in [0.25, 0.3) is 0 Å². The fourth-order valence-electron chi connectivity index (χ4n) is 1.76. The Balaban J connectivity index is 2.10. The summed E-state index contributed by atoms with van der Waals surface area (Å²) >= 11 is 5.95. The molecular formula is C10H15ClN4O. The van der Waals surface area contributed by atoms with E-state index in [1.807, 2.05) is 0 Å². The second-order valence-corrected chi connectivity index (χ2v) is 4.50. The zero-order valence-electron chi connectivity index (χ0n) is 9.48. The molecule has 88 valence electrons. The fraction of sp³-hybridized carbons (Fsp3) is 0.600. The number of amides is 1. The van der Waals surface area contributed by atoms with Crippen molar-refractivity contribution < 1.29 is 4.79 Å². The number of nitrogens with zero attached hydrogens (tertiary/aromatic N) is 4. The lowest BCUT2D eigenvalue weighted by Gasteiger charge is -2.31. The zero-order chi connectivity index (χ0) is 11.7. The van der Waals surface area contributed by atoms with Crippen LogP contribution in [0.15, 0.2) is 6.20 Å². The molecule has 0 saturated carbocycles. The molecule has 5 nitrogen and oxygen atoms in total. The summed E-state index contributed by atoms with van der Waals surface area (Å²) in [5.41, 5.74) is 0.355. The summed E-state index contributed by atoms with van der Waals surface area (Å²) in [4.78, 5) is 16.1. The molecule has 1 amide bonds. The predicted molar refractivity (Wildman–Crippen MR) is 61.6 cm³/mol. The van der Waals surface area contributed by atoms with Crippen molar-refractivity contribution >= 4 is 17.5 Å². The first-order valence-corrected chi connectivity index (χ1v) is 5.62. The lowest BCUT2D eigenvalue weighted by Crippen LogP contribution is -2.47. The van der Waals surface area contributed by atoms with Crippen LogP contribution in [-0.2, 0) is 7.05 Å². The van der Waals surface area contributed by atoms with Gasteiger partial charge in [-0.1, -0.05) is 11.6 Å². The van der Waals surface area contributed by atoms with E-state index < -0.39 is 0 Å². The van der Waals surface area contributed by atoms with Crippen molar-refractivity contribution in [1.82, 2.24) is 19.6 Å². The molecule has 1 fully saturated rings. The van der Waals surface area contributed by atoms with Crippen molar-refractivity contribution in [3.05, 3.63) is 16.9 Å². The van der Waals surface area contributed by atoms with Crippen LogP contribution in [0, 0.1) is 0 Å². The van der Waals surface area contributed by atoms with Gasteiger partial charge in [-0.3, -0.25) is 9.48 Å². The molecule has 6 heteroatoms. The Morgan fingerprint density at radius 3 is 2.44 bits per heavy atom. The molecule has 0 aliphatic carbocycles. The number of aromatic nitrogens is 2. The SMILES string of the molecule is CN1CCN(C(=O)c2nn(C)cc2Cl)CC1. The molecule has 0 aromatic carbocycles. The first-order valence-electron chi connectivity index (χ1n) is 5.25. The van der Waals surface area contributed by atoms with Crippen LogP contribution in [0.1, 0.15) is 10.5 Å². The van der Waals surface area contributed by atoms with Gasteiger partial charge in [0.2, 0.25) is 0 Å². The number of carbonyl (C=O) groups is 1. The minimum absolute atomic E-state index is 0.0706. The summed E-state index contributed by atoms with van der Waals surface area (Å²) in [5.74, 6) is -0.0706. The Kier molecular flexibility index (Phi) is 3.16. The minimum Gasteiger partial charge on any atom is -0.335 e. The Labute approximate surface area is 99.6 Å². The van der Waals surface area contributed by atoms with Gasteiger partial charge in [0.05, 0.1) is 5.02 Å². The van der Waals surface area contributed by atoms with E-state index in [1.54, 1.807) is 22.8 Å². The third kappa shape index (κ3) is 2.20. The Morgan fingerprint density at radius 1 is 1.31 bits per heavy atom. The Morgan fingerprint density at radius 2 is 1.94 bits per heavy atom. The van der Waals surface area contributed by atoms with Crippen LogP contribution in [0.4, 0.5) is 0 Å². The third-order valence-electron chi connectivity index (χ3n) is 2.78. The lowest BCUT2D eigenvalue weighted by molar-refractivity contribution is 0.0657. The summed E-state index contributed by atoms with van der Waals surface area (Å²) in [6, 6.07) is 0. The highest BCUT2D eigenvalue weighted by molar-refractivity contribution is 6.33. The first kappa shape index (κ1) is 11.4. The number of piperazine rings is 1. The van der Waals surface area contributed by atoms with E-state index >= 15 is 0 Å². The number of aryl methyl sites for hydroxylation is 1. The van der Waals surface area contributed by atoms with Crippen molar-refractivity contribution in [1.29, 1.82) is 0 Å². The van der Waals surface area contributed by atoms with Gasteiger partial charge in [-0.05, 0) is 7.05 Å². The Bertz CT molecular complexity index is 396. The maximum atomic E-state index is 12.1. The smallest absolute Gasteiger partial charge is 0.276 e. The van der Waals surface area contributed by atoms with E-state index in [4.69, 9.17) is 11.6 Å². The maximum Gasteiger partial charge on any atom is 0.276 e. The van der Waals surface area contributed by atoms with Crippen LogP contribution in [0.2, 0.25) is 5.02 Å². The predicted octanol–water partition coefficient (Wildman–Crippen LogP) is 0.461. The standard InChI is InChI=1S/C10H15ClN4O/c1-13-3-5-15(6-4-13)10(16)9-8(11)7-14(2)12-9/h7H,3-6H2,1-2H3. The normalized spacial score (nSPS) is 17.8. The third-order valence-corrected chi connectivity index (χ3v) is 3.05. The van der Waals surface area contributed by atoms with Gasteiger partial charge in [0.25, 0.3) is 5.91 Å². The van der Waals surface area contributed by atoms with Crippen molar-refractivity contribution in [2.75, 3.05) is 33.2 Å². The zero-order valence-corrected chi connectivity index (χ0v) is 10.2. The summed E-state index contributed by atoms with van der Waals surface area (Å²) in [6.45, 7) is 3.27. The van der Waals surface area contributed by atoms with Gasteiger partial charge in [0.15, 0.2) is 5.69 Å². The molecule has 1 aliphatic rings. The topological polar surface area (TPSA) is 41.4 Å². The van der Waals surface area contributed by atoms with E-state index in [0.29, 0.717) is 10.7 Å². The fourth-order valence-corrected chi connectivity index (χ4v) is 2.02. The first-order chi connectivity index (χ1) is 7.58. The number of hydrogen-bond donors (Lipinski definition) is 0. The molecule has 1 aromatic heterocycles. The molecule has 0 unspecified atom stereocenters. The van der Waals surface area contributed by atoms with Gasteiger partial charge in [0.1, 0.15) is 0 Å². The number of likely N-dealkylation sites (N-methyl/N-ethyl adjacent to an activating group) is 1. The number of rotatable bonds is 1. The van der Waals surface area contributed by atoms with Crippen molar-refractivity contribution in [3.8, 4) is 0 Å². The van der Waals surface area contributed by atoms with E-state index in [-0.39, 0.29) is 5.91 Å². The number of halogens is 1. The average molecular weight is 243 g/mol. The molecule has 0 bridgehead atoms. The van der Waals surface area contributed by atoms with Crippen molar-refractivity contribution in [3.63, 3.8) is 0 Å². The molecule has 0 atom stereocenters.